The van der Waals surface area contributed by atoms with Gasteiger partial charge in [0.2, 0.25) is 0 Å². The molecule has 2 aromatic carbocycles. The minimum Gasteiger partial charge on any atom is -0.483 e. The summed E-state index contributed by atoms with van der Waals surface area (Å²) in [5.74, 6) is -0.767. The maximum absolute atomic E-state index is 12.9. The maximum Gasteiger partial charge on any atom is 0.341 e. The summed E-state index contributed by atoms with van der Waals surface area (Å²) in [6.45, 7) is 9.13. The lowest BCUT2D eigenvalue weighted by Gasteiger charge is -2.13. The molecular formula is C26H28N2O5S. The maximum atomic E-state index is 12.9. The molecule has 2 amide bonds. The molecule has 0 unspecified atom stereocenters. The summed E-state index contributed by atoms with van der Waals surface area (Å²) in [6, 6.07) is 13.0. The number of hydrogen-bond acceptors (Lipinski definition) is 6. The van der Waals surface area contributed by atoms with Gasteiger partial charge in [-0.3, -0.25) is 9.59 Å². The van der Waals surface area contributed by atoms with Crippen LogP contribution in [-0.2, 0) is 9.53 Å². The second kappa shape index (κ2) is 11.0. The van der Waals surface area contributed by atoms with Crippen molar-refractivity contribution in [1.29, 1.82) is 0 Å². The van der Waals surface area contributed by atoms with Gasteiger partial charge in [0.1, 0.15) is 10.8 Å². The molecule has 34 heavy (non-hydrogen) atoms. The molecule has 0 spiro atoms. The highest BCUT2D eigenvalue weighted by atomic mass is 32.1. The summed E-state index contributed by atoms with van der Waals surface area (Å²) < 4.78 is 10.9. The molecule has 0 saturated heterocycles. The third-order valence-corrected chi connectivity index (χ3v) is 6.28. The molecule has 2 N–H and O–H groups in total. The number of para-hydroxylation sites is 1. The molecule has 178 valence electrons. The minimum atomic E-state index is -0.601. The highest BCUT2D eigenvalue weighted by Gasteiger charge is 2.27. The second-order valence-electron chi connectivity index (χ2n) is 7.87. The first-order chi connectivity index (χ1) is 16.2. The molecule has 1 heterocycles. The molecule has 0 saturated carbocycles. The van der Waals surface area contributed by atoms with Crippen LogP contribution in [0.1, 0.15) is 49.2 Å². The Bertz CT molecular complexity index is 1190. The molecule has 3 rings (SSSR count). The minimum absolute atomic E-state index is 0.168. The van der Waals surface area contributed by atoms with Crippen molar-refractivity contribution in [3.8, 4) is 5.75 Å². The third-order valence-electron chi connectivity index (χ3n) is 5.07. The van der Waals surface area contributed by atoms with E-state index in [0.29, 0.717) is 21.9 Å². The van der Waals surface area contributed by atoms with Crippen molar-refractivity contribution in [3.63, 3.8) is 0 Å². The van der Waals surface area contributed by atoms with Crippen LogP contribution in [0.25, 0.3) is 0 Å². The number of carbonyl (C=O) groups is 3. The summed E-state index contributed by atoms with van der Waals surface area (Å²) in [5, 5.41) is 5.78. The molecule has 0 aliphatic carbocycles. The zero-order valence-corrected chi connectivity index (χ0v) is 20.7. The van der Waals surface area contributed by atoms with Crippen molar-refractivity contribution in [2.45, 2.75) is 34.6 Å². The van der Waals surface area contributed by atoms with E-state index in [0.717, 1.165) is 28.0 Å². The van der Waals surface area contributed by atoms with E-state index in [2.05, 4.69) is 10.6 Å². The number of ether oxygens (including phenoxy) is 2. The summed E-state index contributed by atoms with van der Waals surface area (Å²) >= 11 is 1.03. The molecule has 0 aliphatic heterocycles. The number of amides is 2. The van der Waals surface area contributed by atoms with Crippen LogP contribution in [0.15, 0.2) is 42.5 Å². The van der Waals surface area contributed by atoms with E-state index < -0.39 is 11.9 Å². The van der Waals surface area contributed by atoms with Crippen LogP contribution in [0.5, 0.6) is 5.75 Å². The van der Waals surface area contributed by atoms with E-state index in [-0.39, 0.29) is 29.7 Å². The number of benzene rings is 2. The van der Waals surface area contributed by atoms with E-state index in [1.807, 2.05) is 51.1 Å². The van der Waals surface area contributed by atoms with Crippen LogP contribution in [0.4, 0.5) is 10.7 Å². The molecule has 7 nitrogen and oxygen atoms in total. The van der Waals surface area contributed by atoms with Gasteiger partial charge in [0.15, 0.2) is 6.61 Å². The number of carbonyl (C=O) groups excluding carboxylic acids is 3. The van der Waals surface area contributed by atoms with Crippen LogP contribution in [0, 0.1) is 27.7 Å². The standard InChI is InChI=1S/C26H28N2O5S/c1-6-32-26(31)21-18(5)23(24(30)27-19-10-8-7-9-11-19)34-25(21)28-20(29)14-33-22-16(3)12-15(2)13-17(22)4/h7-13H,6,14H2,1-5H3,(H,27,30)(H,28,29). The lowest BCUT2D eigenvalue weighted by molar-refractivity contribution is -0.118. The predicted octanol–water partition coefficient (Wildman–Crippen LogP) is 5.43. The smallest absolute Gasteiger partial charge is 0.341 e. The molecule has 3 aromatic rings. The summed E-state index contributed by atoms with van der Waals surface area (Å²) in [7, 11) is 0. The number of rotatable bonds is 8. The molecule has 1 aromatic heterocycles. The van der Waals surface area contributed by atoms with Crippen LogP contribution >= 0.6 is 11.3 Å². The van der Waals surface area contributed by atoms with E-state index >= 15 is 0 Å². The Hall–Kier alpha value is -3.65. The quantitative estimate of drug-likeness (QED) is 0.420. The molecule has 0 aliphatic rings. The van der Waals surface area contributed by atoms with Crippen molar-refractivity contribution >= 4 is 39.8 Å². The third kappa shape index (κ3) is 5.82. The number of anilines is 2. The highest BCUT2D eigenvalue weighted by molar-refractivity contribution is 7.19. The van der Waals surface area contributed by atoms with Crippen LogP contribution < -0.4 is 15.4 Å². The molecule has 0 atom stereocenters. The summed E-state index contributed by atoms with van der Waals surface area (Å²) in [6.07, 6.45) is 0. The van der Waals surface area contributed by atoms with E-state index in [1.54, 1.807) is 26.0 Å². The van der Waals surface area contributed by atoms with Gasteiger partial charge in [-0.2, -0.15) is 0 Å². The SMILES string of the molecule is CCOC(=O)c1c(NC(=O)COc2c(C)cc(C)cc2C)sc(C(=O)Nc2ccccc2)c1C. The van der Waals surface area contributed by atoms with E-state index in [1.165, 1.54) is 0 Å². The highest BCUT2D eigenvalue weighted by Crippen LogP contribution is 2.34. The van der Waals surface area contributed by atoms with Gasteiger partial charge in [0.25, 0.3) is 11.8 Å². The summed E-state index contributed by atoms with van der Waals surface area (Å²) in [5.41, 5.74) is 4.22. The number of thiophene rings is 1. The topological polar surface area (TPSA) is 93.7 Å². The lowest BCUT2D eigenvalue weighted by atomic mass is 10.1. The number of nitrogens with one attached hydrogen (secondary N) is 2. The first kappa shape index (κ1) is 25.0. The fourth-order valence-corrected chi connectivity index (χ4v) is 4.78. The molecule has 8 heteroatoms. The van der Waals surface area contributed by atoms with E-state index in [4.69, 9.17) is 9.47 Å². The Labute approximate surface area is 203 Å². The van der Waals surface area contributed by atoms with Gasteiger partial charge in [0, 0.05) is 5.69 Å². The molecule has 0 bridgehead atoms. The zero-order valence-electron chi connectivity index (χ0n) is 19.9. The van der Waals surface area contributed by atoms with Crippen molar-refractivity contribution in [2.24, 2.45) is 0 Å². The Balaban J connectivity index is 1.82. The van der Waals surface area contributed by atoms with Crippen molar-refractivity contribution in [2.75, 3.05) is 23.8 Å². The zero-order chi connectivity index (χ0) is 24.8. The van der Waals surface area contributed by atoms with Crippen molar-refractivity contribution < 1.29 is 23.9 Å². The normalized spacial score (nSPS) is 10.5. The Morgan fingerprint density at radius 3 is 2.21 bits per heavy atom. The number of esters is 1. The van der Waals surface area contributed by atoms with Gasteiger partial charge in [-0.1, -0.05) is 35.9 Å². The van der Waals surface area contributed by atoms with Crippen molar-refractivity contribution in [1.82, 2.24) is 0 Å². The monoisotopic (exact) mass is 480 g/mol. The predicted molar refractivity (Wildman–Crippen MR) is 134 cm³/mol. The Morgan fingerprint density at radius 2 is 1.59 bits per heavy atom. The van der Waals surface area contributed by atoms with Crippen LogP contribution in [0.2, 0.25) is 0 Å². The fraction of sp³-hybridized carbons (Fsp3) is 0.269. The lowest BCUT2D eigenvalue weighted by Crippen LogP contribution is -2.21. The van der Waals surface area contributed by atoms with Gasteiger partial charge in [0.05, 0.1) is 17.0 Å². The molecule has 0 radical (unpaired) electrons. The van der Waals surface area contributed by atoms with Crippen LogP contribution in [0.3, 0.4) is 0 Å². The Kier molecular flexibility index (Phi) is 8.07. The average Bonchev–Trinajstić information content (AvgIpc) is 3.09. The largest absolute Gasteiger partial charge is 0.483 e. The van der Waals surface area contributed by atoms with Gasteiger partial charge in [-0.15, -0.1) is 11.3 Å². The van der Waals surface area contributed by atoms with Gasteiger partial charge >= 0.3 is 5.97 Å². The van der Waals surface area contributed by atoms with Gasteiger partial charge in [-0.05, 0) is 63.4 Å². The first-order valence-electron chi connectivity index (χ1n) is 10.9. The van der Waals surface area contributed by atoms with Gasteiger partial charge in [-0.25, -0.2) is 4.79 Å². The fourth-order valence-electron chi connectivity index (χ4n) is 3.67. The number of aryl methyl sites for hydroxylation is 3. The first-order valence-corrected chi connectivity index (χ1v) is 11.7. The second-order valence-corrected chi connectivity index (χ2v) is 8.89. The van der Waals surface area contributed by atoms with Crippen LogP contribution in [-0.4, -0.2) is 31.0 Å². The molecule has 0 fully saturated rings. The Morgan fingerprint density at radius 1 is 0.941 bits per heavy atom. The number of hydrogen-bond donors (Lipinski definition) is 2. The van der Waals surface area contributed by atoms with Gasteiger partial charge < -0.3 is 20.1 Å². The van der Waals surface area contributed by atoms with E-state index in [9.17, 15) is 14.4 Å². The molecular weight excluding hydrogens is 452 g/mol. The van der Waals surface area contributed by atoms with Crippen molar-refractivity contribution in [3.05, 3.63) is 75.2 Å². The average molecular weight is 481 g/mol. The summed E-state index contributed by atoms with van der Waals surface area (Å²) in [4.78, 5) is 38.5.